The van der Waals surface area contributed by atoms with Crippen LogP contribution in [0.2, 0.25) is 0 Å². The molecular formula is C26H35N3O3S. The number of piperazine rings is 1. The first-order chi connectivity index (χ1) is 15.8. The third-order valence-corrected chi connectivity index (χ3v) is 8.94. The first-order valence-corrected chi connectivity index (χ1v) is 13.5. The molecule has 0 aromatic heterocycles. The molecule has 178 valence electrons. The first-order valence-electron chi connectivity index (χ1n) is 12.0. The van der Waals surface area contributed by atoms with Crippen LogP contribution in [0.15, 0.2) is 41.3 Å². The lowest BCUT2D eigenvalue weighted by Crippen LogP contribution is -2.47. The predicted octanol–water partition coefficient (Wildman–Crippen LogP) is 3.69. The fraction of sp³-hybridized carbons (Fsp3) is 0.500. The Kier molecular flexibility index (Phi) is 7.22. The van der Waals surface area contributed by atoms with Gasteiger partial charge in [-0.3, -0.25) is 4.79 Å². The van der Waals surface area contributed by atoms with Gasteiger partial charge in [0.1, 0.15) is 0 Å². The van der Waals surface area contributed by atoms with Crippen LogP contribution < -0.4 is 5.32 Å². The van der Waals surface area contributed by atoms with E-state index in [-0.39, 0.29) is 16.8 Å². The molecule has 1 N–H and O–H groups in total. The zero-order valence-electron chi connectivity index (χ0n) is 19.9. The highest BCUT2D eigenvalue weighted by molar-refractivity contribution is 7.89. The molecule has 1 fully saturated rings. The number of carbonyl (C=O) groups is 1. The van der Waals surface area contributed by atoms with Gasteiger partial charge in [-0.2, -0.15) is 4.31 Å². The van der Waals surface area contributed by atoms with E-state index in [1.165, 1.54) is 34.3 Å². The van der Waals surface area contributed by atoms with Crippen LogP contribution in [-0.2, 0) is 22.9 Å². The summed E-state index contributed by atoms with van der Waals surface area (Å²) >= 11 is 0. The molecule has 1 amide bonds. The number of sulfonamides is 1. The van der Waals surface area contributed by atoms with Gasteiger partial charge < -0.3 is 10.2 Å². The lowest BCUT2D eigenvalue weighted by molar-refractivity contribution is 0.0934. The Morgan fingerprint density at radius 3 is 2.39 bits per heavy atom. The molecule has 1 aliphatic heterocycles. The number of likely N-dealkylation sites (N-methyl/N-ethyl adjacent to an activating group) is 1. The quantitative estimate of drug-likeness (QED) is 0.701. The molecule has 33 heavy (non-hydrogen) atoms. The van der Waals surface area contributed by atoms with Crippen LogP contribution in [0.4, 0.5) is 0 Å². The number of carbonyl (C=O) groups excluding carboxylic acids is 1. The van der Waals surface area contributed by atoms with Gasteiger partial charge in [-0.25, -0.2) is 8.42 Å². The Bertz CT molecular complexity index is 1120. The van der Waals surface area contributed by atoms with Crippen LogP contribution in [-0.4, -0.2) is 56.8 Å². The van der Waals surface area contributed by atoms with E-state index >= 15 is 0 Å². The van der Waals surface area contributed by atoms with Crippen molar-refractivity contribution in [2.75, 3.05) is 33.2 Å². The van der Waals surface area contributed by atoms with Crippen molar-refractivity contribution in [3.05, 3.63) is 64.2 Å². The van der Waals surface area contributed by atoms with Crippen LogP contribution >= 0.6 is 0 Å². The Hall–Kier alpha value is -2.22. The largest absolute Gasteiger partial charge is 0.345 e. The summed E-state index contributed by atoms with van der Waals surface area (Å²) in [5.74, 6) is -0.229. The summed E-state index contributed by atoms with van der Waals surface area (Å²) in [6, 6.07) is 11.3. The van der Waals surface area contributed by atoms with Crippen LogP contribution in [0.5, 0.6) is 0 Å². The van der Waals surface area contributed by atoms with Gasteiger partial charge in [0, 0.05) is 31.7 Å². The topological polar surface area (TPSA) is 69.7 Å². The van der Waals surface area contributed by atoms with Crippen LogP contribution in [0.1, 0.15) is 64.8 Å². The van der Waals surface area contributed by atoms with Crippen molar-refractivity contribution in [3.8, 4) is 0 Å². The van der Waals surface area contributed by atoms with E-state index in [1.807, 2.05) is 14.0 Å². The van der Waals surface area contributed by atoms with E-state index in [4.69, 9.17) is 0 Å². The van der Waals surface area contributed by atoms with E-state index < -0.39 is 10.0 Å². The molecule has 0 spiro atoms. The van der Waals surface area contributed by atoms with E-state index in [9.17, 15) is 13.2 Å². The fourth-order valence-corrected chi connectivity index (χ4v) is 6.26. The zero-order chi connectivity index (χ0) is 23.6. The third kappa shape index (κ3) is 5.15. The van der Waals surface area contributed by atoms with Crippen molar-refractivity contribution >= 4 is 15.9 Å². The number of hydrogen-bond donors (Lipinski definition) is 1. The molecule has 7 heteroatoms. The summed E-state index contributed by atoms with van der Waals surface area (Å²) in [6.45, 7) is 6.25. The monoisotopic (exact) mass is 469 g/mol. The Morgan fingerprint density at radius 1 is 1.00 bits per heavy atom. The molecule has 2 aliphatic rings. The standard InChI is InChI=1S/C26H35N3O3S/c1-4-25(22-11-10-20-7-5-6-8-21(20)17-22)27-26(30)24-18-23(12-9-19(24)2)33(31,32)29-15-13-28(3)14-16-29/h9-12,17-18,25H,4-8,13-16H2,1-3H3,(H,27,30). The number of nitrogens with zero attached hydrogens (tertiary/aromatic N) is 2. The lowest BCUT2D eigenvalue weighted by Gasteiger charge is -2.31. The molecule has 1 saturated heterocycles. The summed E-state index contributed by atoms with van der Waals surface area (Å²) in [5.41, 5.74) is 5.11. The highest BCUT2D eigenvalue weighted by Gasteiger charge is 2.28. The minimum Gasteiger partial charge on any atom is -0.345 e. The van der Waals surface area contributed by atoms with Gasteiger partial charge in [0.25, 0.3) is 5.91 Å². The molecule has 4 rings (SSSR count). The predicted molar refractivity (Wildman–Crippen MR) is 131 cm³/mol. The Balaban J connectivity index is 1.55. The number of nitrogens with one attached hydrogen (secondary N) is 1. The van der Waals surface area contributed by atoms with Gasteiger partial charge in [-0.05, 0) is 80.5 Å². The minimum absolute atomic E-state index is 0.109. The third-order valence-electron chi connectivity index (χ3n) is 7.04. The van der Waals surface area contributed by atoms with E-state index in [2.05, 4.69) is 35.3 Å². The summed E-state index contributed by atoms with van der Waals surface area (Å²) in [6.07, 6.45) is 5.45. The number of rotatable bonds is 6. The first kappa shape index (κ1) is 23.9. The Labute approximate surface area is 198 Å². The smallest absolute Gasteiger partial charge is 0.252 e. The van der Waals surface area contributed by atoms with Crippen LogP contribution in [0.25, 0.3) is 0 Å². The molecule has 1 heterocycles. The maximum absolute atomic E-state index is 13.3. The zero-order valence-corrected chi connectivity index (χ0v) is 20.7. The molecular weight excluding hydrogens is 434 g/mol. The highest BCUT2D eigenvalue weighted by Crippen LogP contribution is 2.27. The minimum atomic E-state index is -3.63. The number of hydrogen-bond acceptors (Lipinski definition) is 4. The molecule has 1 atom stereocenters. The Morgan fingerprint density at radius 2 is 1.70 bits per heavy atom. The second-order valence-electron chi connectivity index (χ2n) is 9.35. The lowest BCUT2D eigenvalue weighted by atomic mass is 9.88. The second kappa shape index (κ2) is 9.95. The molecule has 1 aliphatic carbocycles. The van der Waals surface area contributed by atoms with Gasteiger partial charge in [0.2, 0.25) is 10.0 Å². The number of benzene rings is 2. The summed E-state index contributed by atoms with van der Waals surface area (Å²) in [5, 5.41) is 3.16. The second-order valence-corrected chi connectivity index (χ2v) is 11.3. The van der Waals surface area contributed by atoms with Gasteiger partial charge >= 0.3 is 0 Å². The number of fused-ring (bicyclic) bond motifs is 1. The highest BCUT2D eigenvalue weighted by atomic mass is 32.2. The van der Waals surface area contributed by atoms with Crippen LogP contribution in [0.3, 0.4) is 0 Å². The molecule has 0 bridgehead atoms. The molecule has 6 nitrogen and oxygen atoms in total. The fourth-order valence-electron chi connectivity index (χ4n) is 4.81. The van der Waals surface area contributed by atoms with Crippen molar-refractivity contribution in [1.29, 1.82) is 0 Å². The molecule has 1 unspecified atom stereocenters. The summed E-state index contributed by atoms with van der Waals surface area (Å²) in [4.78, 5) is 15.6. The van der Waals surface area contributed by atoms with Gasteiger partial charge in [0.05, 0.1) is 10.9 Å². The van der Waals surface area contributed by atoms with Crippen molar-refractivity contribution in [2.24, 2.45) is 0 Å². The van der Waals surface area contributed by atoms with Crippen molar-refractivity contribution < 1.29 is 13.2 Å². The maximum Gasteiger partial charge on any atom is 0.252 e. The number of aryl methyl sites for hydroxylation is 3. The SMILES string of the molecule is CCC(NC(=O)c1cc(S(=O)(=O)N2CCN(C)CC2)ccc1C)c1ccc2c(c1)CCCC2. The molecule has 0 saturated carbocycles. The average Bonchev–Trinajstić information content (AvgIpc) is 2.82. The van der Waals surface area contributed by atoms with Crippen molar-refractivity contribution in [1.82, 2.24) is 14.5 Å². The van der Waals surface area contributed by atoms with Gasteiger partial charge in [-0.1, -0.05) is 31.2 Å². The average molecular weight is 470 g/mol. The van der Waals surface area contributed by atoms with Gasteiger partial charge in [0.15, 0.2) is 0 Å². The number of amides is 1. The maximum atomic E-state index is 13.3. The summed E-state index contributed by atoms with van der Waals surface area (Å²) < 4.78 is 27.9. The van der Waals surface area contributed by atoms with E-state index in [0.29, 0.717) is 31.7 Å². The van der Waals surface area contributed by atoms with Gasteiger partial charge in [-0.15, -0.1) is 0 Å². The van der Waals surface area contributed by atoms with Crippen LogP contribution in [0, 0.1) is 6.92 Å². The van der Waals surface area contributed by atoms with E-state index in [0.717, 1.165) is 30.4 Å². The molecule has 2 aromatic rings. The summed E-state index contributed by atoms with van der Waals surface area (Å²) in [7, 11) is -1.64. The molecule has 2 aromatic carbocycles. The van der Waals surface area contributed by atoms with Crippen molar-refractivity contribution in [2.45, 2.75) is 56.9 Å². The molecule has 0 radical (unpaired) electrons. The normalized spacial score (nSPS) is 18.5. The van der Waals surface area contributed by atoms with E-state index in [1.54, 1.807) is 12.1 Å². The van der Waals surface area contributed by atoms with Crippen molar-refractivity contribution in [3.63, 3.8) is 0 Å².